The third kappa shape index (κ3) is 3.85. The zero-order valence-electron chi connectivity index (χ0n) is 14.3. The number of nitrogens with two attached hydrogens (primary N) is 1. The minimum atomic E-state index is 0.207. The van der Waals surface area contributed by atoms with Gasteiger partial charge >= 0.3 is 0 Å². The van der Waals surface area contributed by atoms with Gasteiger partial charge in [0.1, 0.15) is 0 Å². The Morgan fingerprint density at radius 2 is 1.81 bits per heavy atom. The lowest BCUT2D eigenvalue weighted by atomic mass is 9.86. The fourth-order valence-corrected chi connectivity index (χ4v) is 3.06. The standard InChI is InChI=1S/C18H31N3/c1-14-13-21(11-10-20(14)5)17(12-19)15-6-8-16(9-7-15)18(2,3)4/h6-9,14,17H,10-13,19H2,1-5H3. The van der Waals surface area contributed by atoms with Gasteiger partial charge in [0, 0.05) is 38.3 Å². The van der Waals surface area contributed by atoms with Crippen molar-refractivity contribution in [2.75, 3.05) is 33.2 Å². The van der Waals surface area contributed by atoms with Crippen molar-refractivity contribution in [3.63, 3.8) is 0 Å². The first-order valence-corrected chi connectivity index (χ1v) is 8.07. The van der Waals surface area contributed by atoms with Crippen LogP contribution < -0.4 is 5.73 Å². The summed E-state index contributed by atoms with van der Waals surface area (Å²) in [6.45, 7) is 13.1. The van der Waals surface area contributed by atoms with Crippen LogP contribution in [0.3, 0.4) is 0 Å². The highest BCUT2D eigenvalue weighted by Gasteiger charge is 2.27. The summed E-state index contributed by atoms with van der Waals surface area (Å²) in [7, 11) is 2.21. The van der Waals surface area contributed by atoms with E-state index in [9.17, 15) is 0 Å². The minimum Gasteiger partial charge on any atom is -0.329 e. The topological polar surface area (TPSA) is 32.5 Å². The van der Waals surface area contributed by atoms with Crippen LogP contribution in [0.25, 0.3) is 0 Å². The van der Waals surface area contributed by atoms with E-state index < -0.39 is 0 Å². The van der Waals surface area contributed by atoms with Crippen LogP contribution in [0.5, 0.6) is 0 Å². The monoisotopic (exact) mass is 289 g/mol. The van der Waals surface area contributed by atoms with Crippen LogP contribution in [-0.4, -0.2) is 49.1 Å². The Bertz CT molecular complexity index is 447. The maximum atomic E-state index is 6.08. The van der Waals surface area contributed by atoms with Crippen molar-refractivity contribution in [1.82, 2.24) is 9.80 Å². The van der Waals surface area contributed by atoms with Crippen molar-refractivity contribution < 1.29 is 0 Å². The van der Waals surface area contributed by atoms with E-state index in [1.165, 1.54) is 11.1 Å². The van der Waals surface area contributed by atoms with Crippen LogP contribution in [-0.2, 0) is 5.41 Å². The van der Waals surface area contributed by atoms with Crippen molar-refractivity contribution in [2.45, 2.75) is 45.2 Å². The summed E-state index contributed by atoms with van der Waals surface area (Å²) in [6, 6.07) is 9.99. The Kier molecular flexibility index (Phi) is 5.07. The van der Waals surface area contributed by atoms with Gasteiger partial charge in [-0.05, 0) is 30.5 Å². The van der Waals surface area contributed by atoms with E-state index in [0.29, 0.717) is 18.6 Å². The Labute approximate surface area is 130 Å². The molecule has 1 aromatic rings. The van der Waals surface area contributed by atoms with E-state index in [1.54, 1.807) is 0 Å². The Hall–Kier alpha value is -0.900. The molecule has 0 bridgehead atoms. The van der Waals surface area contributed by atoms with Crippen molar-refractivity contribution in [3.05, 3.63) is 35.4 Å². The number of likely N-dealkylation sites (N-methyl/N-ethyl adjacent to an activating group) is 1. The summed E-state index contributed by atoms with van der Waals surface area (Å²) in [5.41, 5.74) is 9.02. The smallest absolute Gasteiger partial charge is 0.0471 e. The fraction of sp³-hybridized carbons (Fsp3) is 0.667. The van der Waals surface area contributed by atoms with E-state index in [1.807, 2.05) is 0 Å². The van der Waals surface area contributed by atoms with E-state index in [2.05, 4.69) is 68.8 Å². The molecule has 3 nitrogen and oxygen atoms in total. The third-order valence-electron chi connectivity index (χ3n) is 4.82. The highest BCUT2D eigenvalue weighted by atomic mass is 15.3. The zero-order chi connectivity index (χ0) is 15.6. The van der Waals surface area contributed by atoms with Crippen molar-refractivity contribution in [2.24, 2.45) is 5.73 Å². The van der Waals surface area contributed by atoms with Gasteiger partial charge in [-0.15, -0.1) is 0 Å². The van der Waals surface area contributed by atoms with Gasteiger partial charge in [0.25, 0.3) is 0 Å². The molecule has 1 aliphatic rings. The van der Waals surface area contributed by atoms with Crippen LogP contribution in [0.4, 0.5) is 0 Å². The van der Waals surface area contributed by atoms with Gasteiger partial charge in [-0.3, -0.25) is 4.90 Å². The van der Waals surface area contributed by atoms with Gasteiger partial charge in [0.15, 0.2) is 0 Å². The summed E-state index contributed by atoms with van der Waals surface area (Å²) in [5.74, 6) is 0. The van der Waals surface area contributed by atoms with Gasteiger partial charge < -0.3 is 10.6 Å². The molecule has 1 heterocycles. The maximum Gasteiger partial charge on any atom is 0.0471 e. The summed E-state index contributed by atoms with van der Waals surface area (Å²) in [4.78, 5) is 4.96. The molecule has 118 valence electrons. The summed E-state index contributed by atoms with van der Waals surface area (Å²) in [6.07, 6.45) is 0. The Balaban J connectivity index is 2.14. The molecule has 21 heavy (non-hydrogen) atoms. The average molecular weight is 289 g/mol. The average Bonchev–Trinajstić information content (AvgIpc) is 2.43. The van der Waals surface area contributed by atoms with Crippen molar-refractivity contribution in [3.8, 4) is 0 Å². The molecule has 0 aromatic heterocycles. The van der Waals surface area contributed by atoms with Gasteiger partial charge in [-0.2, -0.15) is 0 Å². The molecule has 0 radical (unpaired) electrons. The molecular formula is C18H31N3. The largest absolute Gasteiger partial charge is 0.329 e. The number of hydrogen-bond acceptors (Lipinski definition) is 3. The lowest BCUT2D eigenvalue weighted by Crippen LogP contribution is -2.52. The highest BCUT2D eigenvalue weighted by Crippen LogP contribution is 2.27. The predicted octanol–water partition coefficient (Wildman–Crippen LogP) is 2.62. The second kappa shape index (κ2) is 6.47. The molecule has 2 unspecified atom stereocenters. The molecule has 3 heteroatoms. The first kappa shape index (κ1) is 16.5. The summed E-state index contributed by atoms with van der Waals surface area (Å²) in [5, 5.41) is 0. The molecular weight excluding hydrogens is 258 g/mol. The van der Waals surface area contributed by atoms with Crippen LogP contribution in [0.15, 0.2) is 24.3 Å². The molecule has 1 saturated heterocycles. The maximum absolute atomic E-state index is 6.08. The van der Waals surface area contributed by atoms with Gasteiger partial charge in [0.2, 0.25) is 0 Å². The molecule has 1 aliphatic heterocycles. The van der Waals surface area contributed by atoms with Gasteiger partial charge in [-0.1, -0.05) is 45.0 Å². The molecule has 1 aromatic carbocycles. The number of nitrogens with zero attached hydrogens (tertiary/aromatic N) is 2. The molecule has 1 fully saturated rings. The molecule has 0 saturated carbocycles. The van der Waals surface area contributed by atoms with Crippen molar-refractivity contribution >= 4 is 0 Å². The van der Waals surface area contributed by atoms with Crippen LogP contribution in [0.1, 0.15) is 44.9 Å². The van der Waals surface area contributed by atoms with Crippen LogP contribution >= 0.6 is 0 Å². The Morgan fingerprint density at radius 1 is 1.19 bits per heavy atom. The molecule has 2 rings (SSSR count). The summed E-state index contributed by atoms with van der Waals surface area (Å²) >= 11 is 0. The fourth-order valence-electron chi connectivity index (χ4n) is 3.06. The molecule has 0 spiro atoms. The van der Waals surface area contributed by atoms with Gasteiger partial charge in [0.05, 0.1) is 0 Å². The van der Waals surface area contributed by atoms with E-state index >= 15 is 0 Å². The van der Waals surface area contributed by atoms with Gasteiger partial charge in [-0.25, -0.2) is 0 Å². The first-order valence-electron chi connectivity index (χ1n) is 8.07. The first-order chi connectivity index (χ1) is 9.82. The summed E-state index contributed by atoms with van der Waals surface area (Å²) < 4.78 is 0. The number of hydrogen-bond donors (Lipinski definition) is 1. The van der Waals surface area contributed by atoms with Crippen molar-refractivity contribution in [1.29, 1.82) is 0 Å². The molecule has 0 amide bonds. The molecule has 2 atom stereocenters. The minimum absolute atomic E-state index is 0.207. The molecule has 0 aliphatic carbocycles. The van der Waals surface area contributed by atoms with Crippen LogP contribution in [0.2, 0.25) is 0 Å². The quantitative estimate of drug-likeness (QED) is 0.928. The second-order valence-corrected chi connectivity index (χ2v) is 7.45. The van der Waals surface area contributed by atoms with E-state index in [4.69, 9.17) is 5.73 Å². The number of piperazine rings is 1. The SMILES string of the molecule is CC1CN(C(CN)c2ccc(C(C)(C)C)cc2)CCN1C. The van der Waals surface area contributed by atoms with E-state index in [-0.39, 0.29) is 5.41 Å². The molecule has 2 N–H and O–H groups in total. The zero-order valence-corrected chi connectivity index (χ0v) is 14.3. The third-order valence-corrected chi connectivity index (χ3v) is 4.82. The lowest BCUT2D eigenvalue weighted by molar-refractivity contribution is 0.0741. The number of benzene rings is 1. The van der Waals surface area contributed by atoms with Crippen LogP contribution in [0, 0.1) is 0 Å². The Morgan fingerprint density at radius 3 is 2.29 bits per heavy atom. The second-order valence-electron chi connectivity index (χ2n) is 7.45. The predicted molar refractivity (Wildman–Crippen MR) is 90.6 cm³/mol. The highest BCUT2D eigenvalue weighted by molar-refractivity contribution is 5.29. The number of rotatable bonds is 3. The van der Waals surface area contributed by atoms with E-state index in [0.717, 1.165) is 19.6 Å². The normalized spacial score (nSPS) is 23.2. The lowest BCUT2D eigenvalue weighted by Gasteiger charge is -2.41.